The number of carbonyl (C=O) groups is 1. The molecule has 2 heteroatoms. The monoisotopic (exact) mass is 165 g/mol. The summed E-state index contributed by atoms with van der Waals surface area (Å²) >= 11 is 0. The fourth-order valence-electron chi connectivity index (χ4n) is 1.41. The summed E-state index contributed by atoms with van der Waals surface area (Å²) < 4.78 is 1.98. The highest BCUT2D eigenvalue weighted by molar-refractivity contribution is 5.92. The molecule has 0 spiro atoms. The Morgan fingerprint density at radius 1 is 1.50 bits per heavy atom. The molecule has 0 fully saturated rings. The molecule has 0 N–H and O–H groups in total. The minimum absolute atomic E-state index is 0.139. The summed E-state index contributed by atoms with van der Waals surface area (Å²) in [7, 11) is 1.95. The van der Waals surface area contributed by atoms with Crippen LogP contribution in [-0.2, 0) is 13.5 Å². The van der Waals surface area contributed by atoms with Gasteiger partial charge < -0.3 is 4.57 Å². The summed E-state index contributed by atoms with van der Waals surface area (Å²) in [5.74, 6) is 0.139. The minimum atomic E-state index is 0.139. The molecule has 0 saturated carbocycles. The van der Waals surface area contributed by atoms with Crippen LogP contribution in [0.25, 0.3) is 0 Å². The van der Waals surface area contributed by atoms with Crippen LogP contribution in [0.15, 0.2) is 12.1 Å². The number of hydrogen-bond acceptors (Lipinski definition) is 1. The van der Waals surface area contributed by atoms with E-state index in [1.54, 1.807) is 6.92 Å². The Balaban J connectivity index is 2.96. The van der Waals surface area contributed by atoms with Crippen LogP contribution < -0.4 is 0 Å². The van der Waals surface area contributed by atoms with Crippen molar-refractivity contribution in [1.82, 2.24) is 4.57 Å². The first-order valence-electron chi connectivity index (χ1n) is 4.32. The van der Waals surface area contributed by atoms with Gasteiger partial charge in [-0.05, 0) is 18.6 Å². The van der Waals surface area contributed by atoms with E-state index in [0.29, 0.717) is 0 Å². The highest BCUT2D eigenvalue weighted by Crippen LogP contribution is 2.09. The molecule has 2 nitrogen and oxygen atoms in total. The SMILES string of the molecule is CCCc1ccc(C(C)=O)n1C. The molecule has 0 aliphatic carbocycles. The maximum atomic E-state index is 11.1. The standard InChI is InChI=1S/C10H15NO/c1-4-5-9-6-7-10(8(2)12)11(9)3/h6-7H,4-5H2,1-3H3. The largest absolute Gasteiger partial charge is 0.345 e. The van der Waals surface area contributed by atoms with E-state index in [2.05, 4.69) is 6.92 Å². The van der Waals surface area contributed by atoms with Crippen LogP contribution >= 0.6 is 0 Å². The molecule has 0 radical (unpaired) electrons. The molecule has 0 atom stereocenters. The number of aromatic nitrogens is 1. The first-order chi connectivity index (χ1) is 5.66. The van der Waals surface area contributed by atoms with Crippen molar-refractivity contribution in [1.29, 1.82) is 0 Å². The predicted molar refractivity (Wildman–Crippen MR) is 49.4 cm³/mol. The molecule has 1 aromatic rings. The third-order valence-electron chi connectivity index (χ3n) is 2.09. The summed E-state index contributed by atoms with van der Waals surface area (Å²) in [5.41, 5.74) is 2.04. The van der Waals surface area contributed by atoms with Crippen LogP contribution in [0.5, 0.6) is 0 Å². The lowest BCUT2D eigenvalue weighted by Gasteiger charge is -2.03. The number of ketones is 1. The number of hydrogen-bond donors (Lipinski definition) is 0. The lowest BCUT2D eigenvalue weighted by atomic mass is 10.2. The van der Waals surface area contributed by atoms with Gasteiger partial charge in [-0.2, -0.15) is 0 Å². The second-order valence-corrected chi connectivity index (χ2v) is 3.08. The van der Waals surface area contributed by atoms with E-state index < -0.39 is 0 Å². The van der Waals surface area contributed by atoms with Crippen molar-refractivity contribution >= 4 is 5.78 Å². The van der Waals surface area contributed by atoms with E-state index in [9.17, 15) is 4.79 Å². The molecule has 1 rings (SSSR count). The molecule has 1 aromatic heterocycles. The van der Waals surface area contributed by atoms with Gasteiger partial charge in [-0.3, -0.25) is 4.79 Å². The quantitative estimate of drug-likeness (QED) is 0.629. The number of aryl methyl sites for hydroxylation is 1. The highest BCUT2D eigenvalue weighted by Gasteiger charge is 2.06. The van der Waals surface area contributed by atoms with Crippen LogP contribution in [0.2, 0.25) is 0 Å². The Morgan fingerprint density at radius 2 is 2.17 bits per heavy atom. The van der Waals surface area contributed by atoms with Gasteiger partial charge in [-0.15, -0.1) is 0 Å². The Bertz CT molecular complexity index is 286. The average Bonchev–Trinajstić information content (AvgIpc) is 2.34. The Labute approximate surface area is 73.2 Å². The summed E-state index contributed by atoms with van der Waals surface area (Å²) in [4.78, 5) is 11.1. The minimum Gasteiger partial charge on any atom is -0.345 e. The lowest BCUT2D eigenvalue weighted by Crippen LogP contribution is -2.04. The fourth-order valence-corrected chi connectivity index (χ4v) is 1.41. The van der Waals surface area contributed by atoms with Gasteiger partial charge in [0.1, 0.15) is 0 Å². The zero-order chi connectivity index (χ0) is 9.14. The van der Waals surface area contributed by atoms with Crippen molar-refractivity contribution in [2.75, 3.05) is 0 Å². The summed E-state index contributed by atoms with van der Waals surface area (Å²) in [6, 6.07) is 3.92. The third kappa shape index (κ3) is 1.58. The summed E-state index contributed by atoms with van der Waals surface area (Å²) in [6.07, 6.45) is 2.17. The van der Waals surface area contributed by atoms with Gasteiger partial charge >= 0.3 is 0 Å². The van der Waals surface area contributed by atoms with Crippen molar-refractivity contribution in [3.8, 4) is 0 Å². The maximum Gasteiger partial charge on any atom is 0.176 e. The second-order valence-electron chi connectivity index (χ2n) is 3.08. The number of carbonyl (C=O) groups excluding carboxylic acids is 1. The molecule has 0 amide bonds. The van der Waals surface area contributed by atoms with E-state index in [1.165, 1.54) is 5.69 Å². The smallest absolute Gasteiger partial charge is 0.176 e. The van der Waals surface area contributed by atoms with Gasteiger partial charge in [0.25, 0.3) is 0 Å². The highest BCUT2D eigenvalue weighted by atomic mass is 16.1. The van der Waals surface area contributed by atoms with Gasteiger partial charge in [-0.25, -0.2) is 0 Å². The van der Waals surface area contributed by atoms with E-state index >= 15 is 0 Å². The average molecular weight is 165 g/mol. The molecular weight excluding hydrogens is 150 g/mol. The van der Waals surface area contributed by atoms with E-state index in [-0.39, 0.29) is 5.78 Å². The van der Waals surface area contributed by atoms with Crippen LogP contribution in [-0.4, -0.2) is 10.4 Å². The van der Waals surface area contributed by atoms with E-state index in [4.69, 9.17) is 0 Å². The molecule has 12 heavy (non-hydrogen) atoms. The van der Waals surface area contributed by atoms with E-state index in [1.807, 2.05) is 23.7 Å². The predicted octanol–water partition coefficient (Wildman–Crippen LogP) is 2.18. The van der Waals surface area contributed by atoms with Crippen LogP contribution in [0.1, 0.15) is 36.5 Å². The number of rotatable bonds is 3. The number of Topliss-reactive ketones (excluding diaryl/α,β-unsaturated/α-hetero) is 1. The van der Waals surface area contributed by atoms with Gasteiger partial charge in [0.15, 0.2) is 5.78 Å². The molecule has 0 aliphatic rings. The normalized spacial score (nSPS) is 10.2. The molecule has 0 bridgehead atoms. The topological polar surface area (TPSA) is 22.0 Å². The van der Waals surface area contributed by atoms with Crippen molar-refractivity contribution in [3.63, 3.8) is 0 Å². The van der Waals surface area contributed by atoms with Crippen molar-refractivity contribution in [2.45, 2.75) is 26.7 Å². The Hall–Kier alpha value is -1.05. The maximum absolute atomic E-state index is 11.1. The van der Waals surface area contributed by atoms with Crippen LogP contribution in [0.3, 0.4) is 0 Å². The molecule has 0 saturated heterocycles. The van der Waals surface area contributed by atoms with Crippen molar-refractivity contribution in [2.24, 2.45) is 7.05 Å². The molecule has 1 heterocycles. The molecular formula is C10H15NO. The number of nitrogens with zero attached hydrogens (tertiary/aromatic N) is 1. The van der Waals surface area contributed by atoms with Crippen LogP contribution in [0, 0.1) is 0 Å². The van der Waals surface area contributed by atoms with Gasteiger partial charge in [-0.1, -0.05) is 13.3 Å². The molecule has 0 aliphatic heterocycles. The van der Waals surface area contributed by atoms with Gasteiger partial charge in [0, 0.05) is 19.7 Å². The second kappa shape index (κ2) is 3.57. The first-order valence-corrected chi connectivity index (χ1v) is 4.32. The zero-order valence-corrected chi connectivity index (χ0v) is 7.92. The Morgan fingerprint density at radius 3 is 2.58 bits per heavy atom. The summed E-state index contributed by atoms with van der Waals surface area (Å²) in [6.45, 7) is 3.74. The summed E-state index contributed by atoms with van der Waals surface area (Å²) in [5, 5.41) is 0. The first kappa shape index (κ1) is 9.04. The van der Waals surface area contributed by atoms with Gasteiger partial charge in [0.2, 0.25) is 0 Å². The molecule has 66 valence electrons. The van der Waals surface area contributed by atoms with E-state index in [0.717, 1.165) is 18.5 Å². The van der Waals surface area contributed by atoms with Crippen molar-refractivity contribution < 1.29 is 4.79 Å². The molecule has 0 aromatic carbocycles. The zero-order valence-electron chi connectivity index (χ0n) is 7.92. The fraction of sp³-hybridized carbons (Fsp3) is 0.500. The van der Waals surface area contributed by atoms with Gasteiger partial charge in [0.05, 0.1) is 5.69 Å². The van der Waals surface area contributed by atoms with Crippen molar-refractivity contribution in [3.05, 3.63) is 23.5 Å². The molecule has 0 unspecified atom stereocenters. The van der Waals surface area contributed by atoms with Crippen LogP contribution in [0.4, 0.5) is 0 Å². The lowest BCUT2D eigenvalue weighted by molar-refractivity contribution is 0.101. The third-order valence-corrected chi connectivity index (χ3v) is 2.09. The Kier molecular flexibility index (Phi) is 2.69.